The van der Waals surface area contributed by atoms with Crippen molar-refractivity contribution in [2.24, 2.45) is 0 Å². The fourth-order valence-corrected chi connectivity index (χ4v) is 9.76. The molecule has 0 N–H and O–H groups in total. The van der Waals surface area contributed by atoms with Crippen LogP contribution >= 0.6 is 0 Å². The minimum absolute atomic E-state index is 0.239. The molecule has 53 heavy (non-hydrogen) atoms. The lowest BCUT2D eigenvalue weighted by molar-refractivity contribution is 0.666. The van der Waals surface area contributed by atoms with Crippen LogP contribution in [-0.4, -0.2) is 0 Å². The predicted octanol–water partition coefficient (Wildman–Crippen LogP) is 13.2. The summed E-state index contributed by atoms with van der Waals surface area (Å²) in [5.74, 6) is 0.239. The second-order valence-corrected chi connectivity index (χ2v) is 14.8. The predicted molar refractivity (Wildman–Crippen MR) is 218 cm³/mol. The van der Waals surface area contributed by atoms with Crippen molar-refractivity contribution in [3.8, 4) is 33.4 Å². The number of furan rings is 1. The number of rotatable bonds is 6. The van der Waals surface area contributed by atoms with E-state index in [0.29, 0.717) is 0 Å². The second-order valence-electron chi connectivity index (χ2n) is 14.8. The first kappa shape index (κ1) is 30.2. The second kappa shape index (κ2) is 11.8. The Hall–Kier alpha value is -6.44. The Labute approximate surface area is 309 Å². The third kappa shape index (κ3) is 4.50. The summed E-state index contributed by atoms with van der Waals surface area (Å²) in [6.45, 7) is 0. The summed E-state index contributed by atoms with van der Waals surface area (Å²) in [4.78, 5) is 0. The first-order valence-corrected chi connectivity index (χ1v) is 18.7. The summed E-state index contributed by atoms with van der Waals surface area (Å²) in [6, 6.07) is 69.7. The van der Waals surface area contributed by atoms with Crippen molar-refractivity contribution in [1.82, 2.24) is 0 Å². The molecule has 0 amide bonds. The van der Waals surface area contributed by atoms with Gasteiger partial charge < -0.3 is 4.42 Å². The maximum atomic E-state index is 6.23. The molecular formula is C52H36O. The molecule has 0 saturated carbocycles. The van der Waals surface area contributed by atoms with E-state index in [9.17, 15) is 0 Å². The number of fused-ring (bicyclic) bond motifs is 13. The van der Waals surface area contributed by atoms with Gasteiger partial charge in [0.1, 0.15) is 11.2 Å². The van der Waals surface area contributed by atoms with Crippen LogP contribution in [0.1, 0.15) is 44.9 Å². The molecule has 2 aliphatic carbocycles. The maximum absolute atomic E-state index is 6.23. The number of hydrogen-bond acceptors (Lipinski definition) is 1. The van der Waals surface area contributed by atoms with Crippen molar-refractivity contribution in [2.45, 2.75) is 24.2 Å². The third-order valence-electron chi connectivity index (χ3n) is 12.0. The first-order chi connectivity index (χ1) is 26.3. The maximum Gasteiger partial charge on any atom is 0.135 e. The Morgan fingerprint density at radius 2 is 0.887 bits per heavy atom. The standard InChI is InChI=1S/C52H36O/c1-2-14-36(15-3-1)38-16-4-5-17-39(38)37(30-34-27-29-51-45(32-34)44-21-9-13-25-50(44)53-51)31-35-26-28-43-42-20-8-12-24-48(42)52(49(43)33-35)46-22-10-6-18-40(46)41-19-7-11-23-47(41)52/h1-29,32-33,37H,30-31H2. The van der Waals surface area contributed by atoms with Gasteiger partial charge in [-0.25, -0.2) is 0 Å². The fraction of sp³-hybridized carbons (Fsp3) is 0.0769. The Morgan fingerprint density at radius 1 is 0.377 bits per heavy atom. The Balaban J connectivity index is 1.08. The van der Waals surface area contributed by atoms with Gasteiger partial charge in [-0.2, -0.15) is 0 Å². The lowest BCUT2D eigenvalue weighted by Crippen LogP contribution is -2.26. The van der Waals surface area contributed by atoms with Crippen LogP contribution in [0, 0.1) is 0 Å². The summed E-state index contributed by atoms with van der Waals surface area (Å²) in [5, 5.41) is 2.36. The average Bonchev–Trinajstić information content (AvgIpc) is 3.85. The molecular weight excluding hydrogens is 641 g/mol. The highest BCUT2D eigenvalue weighted by Gasteiger charge is 2.51. The summed E-state index contributed by atoms with van der Waals surface area (Å²) >= 11 is 0. The molecule has 0 aliphatic heterocycles. The van der Waals surface area contributed by atoms with E-state index in [1.165, 1.54) is 83.1 Å². The van der Waals surface area contributed by atoms with Gasteiger partial charge in [0.15, 0.2) is 0 Å². The van der Waals surface area contributed by atoms with Crippen molar-refractivity contribution in [3.63, 3.8) is 0 Å². The van der Waals surface area contributed by atoms with Crippen LogP contribution in [0.4, 0.5) is 0 Å². The summed E-state index contributed by atoms with van der Waals surface area (Å²) in [5.41, 5.74) is 19.1. The van der Waals surface area contributed by atoms with Gasteiger partial charge in [0, 0.05) is 10.8 Å². The summed E-state index contributed by atoms with van der Waals surface area (Å²) in [7, 11) is 0. The van der Waals surface area contributed by atoms with E-state index in [0.717, 1.165) is 24.0 Å². The molecule has 0 saturated heterocycles. The van der Waals surface area contributed by atoms with Crippen LogP contribution in [0.15, 0.2) is 192 Å². The van der Waals surface area contributed by atoms with Crippen LogP contribution in [0.3, 0.4) is 0 Å². The van der Waals surface area contributed by atoms with Crippen molar-refractivity contribution < 1.29 is 4.42 Å². The number of hydrogen-bond donors (Lipinski definition) is 0. The lowest BCUT2D eigenvalue weighted by Gasteiger charge is -2.31. The lowest BCUT2D eigenvalue weighted by atomic mass is 9.70. The molecule has 0 bridgehead atoms. The van der Waals surface area contributed by atoms with E-state index >= 15 is 0 Å². The zero-order valence-electron chi connectivity index (χ0n) is 29.3. The highest BCUT2D eigenvalue weighted by atomic mass is 16.3. The van der Waals surface area contributed by atoms with Gasteiger partial charge in [0.25, 0.3) is 0 Å². The SMILES string of the molecule is c1ccc(-c2ccccc2C(Cc2ccc3c(c2)C2(c4ccccc4-c4ccccc42)c2ccccc2-3)Cc2ccc3oc4ccccc4c3c2)cc1. The molecule has 9 aromatic rings. The molecule has 8 aromatic carbocycles. The van der Waals surface area contributed by atoms with Crippen LogP contribution < -0.4 is 0 Å². The van der Waals surface area contributed by atoms with Crippen molar-refractivity contribution in [3.05, 3.63) is 227 Å². The van der Waals surface area contributed by atoms with Crippen molar-refractivity contribution >= 4 is 21.9 Å². The van der Waals surface area contributed by atoms with Crippen LogP contribution in [0.25, 0.3) is 55.3 Å². The quantitative estimate of drug-likeness (QED) is 0.171. The van der Waals surface area contributed by atoms with Gasteiger partial charge in [-0.15, -0.1) is 0 Å². The van der Waals surface area contributed by atoms with Crippen LogP contribution in [-0.2, 0) is 18.3 Å². The molecule has 250 valence electrons. The summed E-state index contributed by atoms with van der Waals surface area (Å²) in [6.07, 6.45) is 1.82. The molecule has 11 rings (SSSR count). The van der Waals surface area contributed by atoms with Crippen LogP contribution in [0.5, 0.6) is 0 Å². The molecule has 0 fully saturated rings. The Kier molecular flexibility index (Phi) is 6.73. The minimum atomic E-state index is -0.347. The molecule has 1 spiro atoms. The van der Waals surface area contributed by atoms with Gasteiger partial charge in [0.05, 0.1) is 5.41 Å². The van der Waals surface area contributed by atoms with E-state index in [2.05, 4.69) is 182 Å². The molecule has 2 aliphatic rings. The number of benzene rings is 8. The molecule has 1 nitrogen and oxygen atoms in total. The monoisotopic (exact) mass is 676 g/mol. The molecule has 1 heteroatoms. The molecule has 1 atom stereocenters. The average molecular weight is 677 g/mol. The molecule has 1 aromatic heterocycles. The Morgan fingerprint density at radius 3 is 1.58 bits per heavy atom. The molecule has 1 heterocycles. The van der Waals surface area contributed by atoms with E-state index in [4.69, 9.17) is 4.42 Å². The fourth-order valence-electron chi connectivity index (χ4n) is 9.76. The van der Waals surface area contributed by atoms with Crippen molar-refractivity contribution in [2.75, 3.05) is 0 Å². The Bertz CT molecular complexity index is 2790. The van der Waals surface area contributed by atoms with Gasteiger partial charge >= 0.3 is 0 Å². The first-order valence-electron chi connectivity index (χ1n) is 18.7. The molecule has 1 unspecified atom stereocenters. The normalized spacial score (nSPS) is 13.9. The van der Waals surface area contributed by atoms with Gasteiger partial charge in [-0.1, -0.05) is 170 Å². The van der Waals surface area contributed by atoms with E-state index in [1.54, 1.807) is 0 Å². The van der Waals surface area contributed by atoms with E-state index in [1.807, 2.05) is 6.07 Å². The van der Waals surface area contributed by atoms with Gasteiger partial charge in [-0.3, -0.25) is 0 Å². The summed E-state index contributed by atoms with van der Waals surface area (Å²) < 4.78 is 6.23. The topological polar surface area (TPSA) is 13.1 Å². The van der Waals surface area contributed by atoms with E-state index < -0.39 is 0 Å². The van der Waals surface area contributed by atoms with E-state index in [-0.39, 0.29) is 11.3 Å². The number of para-hydroxylation sites is 1. The molecule has 0 radical (unpaired) electrons. The highest BCUT2D eigenvalue weighted by Crippen LogP contribution is 2.62. The smallest absolute Gasteiger partial charge is 0.135 e. The zero-order chi connectivity index (χ0) is 34.9. The van der Waals surface area contributed by atoms with Gasteiger partial charge in [0.2, 0.25) is 0 Å². The van der Waals surface area contributed by atoms with Gasteiger partial charge in [-0.05, 0) is 109 Å². The minimum Gasteiger partial charge on any atom is -0.456 e. The third-order valence-corrected chi connectivity index (χ3v) is 12.0. The zero-order valence-corrected chi connectivity index (χ0v) is 29.3. The van der Waals surface area contributed by atoms with Crippen molar-refractivity contribution in [1.29, 1.82) is 0 Å². The van der Waals surface area contributed by atoms with Crippen LogP contribution in [0.2, 0.25) is 0 Å². The highest BCUT2D eigenvalue weighted by molar-refractivity contribution is 6.05. The largest absolute Gasteiger partial charge is 0.456 e.